The minimum absolute atomic E-state index is 0.0452. The zero-order chi connectivity index (χ0) is 13.2. The van der Waals surface area contributed by atoms with Crippen molar-refractivity contribution < 1.29 is 4.74 Å². The van der Waals surface area contributed by atoms with Gasteiger partial charge in [0.05, 0.1) is 11.0 Å². The normalized spacial score (nSPS) is 25.3. The highest BCUT2D eigenvalue weighted by Crippen LogP contribution is 2.42. The summed E-state index contributed by atoms with van der Waals surface area (Å²) in [5.41, 5.74) is 3.86. The summed E-state index contributed by atoms with van der Waals surface area (Å²) >= 11 is 6.65. The van der Waals surface area contributed by atoms with Crippen LogP contribution in [-0.4, -0.2) is 12.2 Å². The Balaban J connectivity index is 2.27. The van der Waals surface area contributed by atoms with Gasteiger partial charge in [-0.3, -0.25) is 0 Å². The maximum absolute atomic E-state index is 6.65. The minimum atomic E-state index is -0.194. The average Bonchev–Trinajstić information content (AvgIpc) is 2.85. The van der Waals surface area contributed by atoms with Gasteiger partial charge in [0.1, 0.15) is 0 Å². The first kappa shape index (κ1) is 13.9. The van der Waals surface area contributed by atoms with E-state index >= 15 is 0 Å². The maximum Gasteiger partial charge on any atom is 0.0872 e. The van der Waals surface area contributed by atoms with Gasteiger partial charge in [-0.05, 0) is 49.3 Å². The second kappa shape index (κ2) is 5.63. The molecule has 1 aromatic rings. The Morgan fingerprint density at radius 1 is 1.28 bits per heavy atom. The van der Waals surface area contributed by atoms with Crippen LogP contribution in [0.15, 0.2) is 18.2 Å². The Labute approximate surface area is 115 Å². The Kier molecular flexibility index (Phi) is 4.34. The molecule has 2 unspecified atom stereocenters. The third kappa shape index (κ3) is 2.57. The highest BCUT2D eigenvalue weighted by molar-refractivity contribution is 6.21. The first-order valence-electron chi connectivity index (χ1n) is 7.00. The van der Waals surface area contributed by atoms with Crippen LogP contribution in [0.1, 0.15) is 55.7 Å². The second-order valence-corrected chi connectivity index (χ2v) is 5.80. The molecule has 0 N–H and O–H groups in total. The molecule has 2 heteroatoms. The van der Waals surface area contributed by atoms with Gasteiger partial charge in [0, 0.05) is 6.61 Å². The molecule has 0 saturated carbocycles. The molecule has 1 aliphatic heterocycles. The lowest BCUT2D eigenvalue weighted by Gasteiger charge is -2.29. The number of halogens is 1. The van der Waals surface area contributed by atoms with E-state index in [4.69, 9.17) is 16.3 Å². The fraction of sp³-hybridized carbons (Fsp3) is 0.625. The van der Waals surface area contributed by atoms with Crippen LogP contribution in [-0.2, 0) is 17.6 Å². The van der Waals surface area contributed by atoms with Gasteiger partial charge < -0.3 is 4.74 Å². The molecule has 0 aromatic heterocycles. The van der Waals surface area contributed by atoms with Gasteiger partial charge in [0.2, 0.25) is 0 Å². The van der Waals surface area contributed by atoms with Gasteiger partial charge in [-0.2, -0.15) is 0 Å². The van der Waals surface area contributed by atoms with Gasteiger partial charge in [0.25, 0.3) is 0 Å². The topological polar surface area (TPSA) is 9.23 Å². The highest BCUT2D eigenvalue weighted by Gasteiger charge is 2.38. The van der Waals surface area contributed by atoms with Crippen LogP contribution < -0.4 is 0 Å². The molecule has 1 nitrogen and oxygen atoms in total. The molecule has 2 rings (SSSR count). The summed E-state index contributed by atoms with van der Waals surface area (Å²) in [5, 5.41) is -0.0452. The summed E-state index contributed by atoms with van der Waals surface area (Å²) in [6.45, 7) is 7.38. The number of hydrogen-bond acceptors (Lipinski definition) is 1. The Bertz CT molecular complexity index is 408. The summed E-state index contributed by atoms with van der Waals surface area (Å²) < 4.78 is 5.85. The van der Waals surface area contributed by atoms with E-state index in [1.54, 1.807) is 0 Å². The molecule has 1 saturated heterocycles. The zero-order valence-corrected chi connectivity index (χ0v) is 12.4. The lowest BCUT2D eigenvalue weighted by molar-refractivity contribution is 0.0164. The minimum Gasteiger partial charge on any atom is -0.373 e. The van der Waals surface area contributed by atoms with Gasteiger partial charge in [-0.1, -0.05) is 32.0 Å². The molecule has 0 aliphatic carbocycles. The Morgan fingerprint density at radius 3 is 2.56 bits per heavy atom. The fourth-order valence-electron chi connectivity index (χ4n) is 2.83. The van der Waals surface area contributed by atoms with Crippen molar-refractivity contribution in [2.75, 3.05) is 6.61 Å². The van der Waals surface area contributed by atoms with Crippen molar-refractivity contribution in [2.45, 2.75) is 57.4 Å². The number of benzene rings is 1. The van der Waals surface area contributed by atoms with E-state index in [1.807, 2.05) is 0 Å². The molecule has 0 spiro atoms. The van der Waals surface area contributed by atoms with Gasteiger partial charge in [-0.25, -0.2) is 0 Å². The van der Waals surface area contributed by atoms with Crippen molar-refractivity contribution in [3.8, 4) is 0 Å². The molecule has 1 heterocycles. The molecular weight excluding hydrogens is 244 g/mol. The number of hydrogen-bond donors (Lipinski definition) is 0. The molecule has 0 radical (unpaired) electrons. The van der Waals surface area contributed by atoms with Crippen molar-refractivity contribution in [1.82, 2.24) is 0 Å². The first-order valence-corrected chi connectivity index (χ1v) is 7.44. The largest absolute Gasteiger partial charge is 0.373 e. The summed E-state index contributed by atoms with van der Waals surface area (Å²) in [7, 11) is 0. The molecular formula is C16H23ClO. The van der Waals surface area contributed by atoms with Crippen molar-refractivity contribution in [2.24, 2.45) is 0 Å². The monoisotopic (exact) mass is 266 g/mol. The maximum atomic E-state index is 6.65. The molecule has 0 bridgehead atoms. The molecule has 1 aromatic carbocycles. The van der Waals surface area contributed by atoms with Crippen LogP contribution in [0.4, 0.5) is 0 Å². The third-order valence-electron chi connectivity index (χ3n) is 4.07. The van der Waals surface area contributed by atoms with E-state index in [1.165, 1.54) is 16.7 Å². The number of ether oxygens (including phenoxy) is 1. The first-order chi connectivity index (χ1) is 8.60. The van der Waals surface area contributed by atoms with E-state index in [9.17, 15) is 0 Å². The van der Waals surface area contributed by atoms with Gasteiger partial charge >= 0.3 is 0 Å². The van der Waals surface area contributed by atoms with Crippen LogP contribution in [0.5, 0.6) is 0 Å². The van der Waals surface area contributed by atoms with Crippen LogP contribution in [0.2, 0.25) is 0 Å². The van der Waals surface area contributed by atoms with Crippen molar-refractivity contribution >= 4 is 11.6 Å². The number of rotatable bonds is 4. The Morgan fingerprint density at radius 2 is 2.00 bits per heavy atom. The molecule has 2 atom stereocenters. The molecule has 100 valence electrons. The lowest BCUT2D eigenvalue weighted by atomic mass is 9.90. The summed E-state index contributed by atoms with van der Waals surface area (Å²) in [5.74, 6) is 0. The standard InChI is InChI=1S/C16H23ClO/c1-4-12-7-8-14(11-13(12)5-2)15(17)16(3)9-6-10-18-16/h7-8,11,15H,4-6,9-10H2,1-3H3. The van der Waals surface area contributed by atoms with Crippen LogP contribution in [0, 0.1) is 0 Å². The number of aryl methyl sites for hydroxylation is 2. The van der Waals surface area contributed by atoms with E-state index < -0.39 is 0 Å². The van der Waals surface area contributed by atoms with Crippen molar-refractivity contribution in [3.05, 3.63) is 34.9 Å². The highest BCUT2D eigenvalue weighted by atomic mass is 35.5. The summed E-state index contributed by atoms with van der Waals surface area (Å²) in [4.78, 5) is 0. The third-order valence-corrected chi connectivity index (χ3v) is 4.78. The predicted octanol–water partition coefficient (Wildman–Crippen LogP) is 4.66. The van der Waals surface area contributed by atoms with Gasteiger partial charge in [-0.15, -0.1) is 11.6 Å². The lowest BCUT2D eigenvalue weighted by Crippen LogP contribution is -2.28. The van der Waals surface area contributed by atoms with Gasteiger partial charge in [0.15, 0.2) is 0 Å². The van der Waals surface area contributed by atoms with E-state index in [-0.39, 0.29) is 11.0 Å². The Hall–Kier alpha value is -0.530. The van der Waals surface area contributed by atoms with Crippen LogP contribution in [0.25, 0.3) is 0 Å². The molecule has 1 aliphatic rings. The van der Waals surface area contributed by atoms with Crippen molar-refractivity contribution in [3.63, 3.8) is 0 Å². The SMILES string of the molecule is CCc1ccc(C(Cl)C2(C)CCCO2)cc1CC. The van der Waals surface area contributed by atoms with E-state index in [2.05, 4.69) is 39.0 Å². The predicted molar refractivity (Wildman–Crippen MR) is 77.4 cm³/mol. The summed E-state index contributed by atoms with van der Waals surface area (Å²) in [6.07, 6.45) is 4.33. The van der Waals surface area contributed by atoms with Crippen LogP contribution >= 0.6 is 11.6 Å². The molecule has 18 heavy (non-hydrogen) atoms. The summed E-state index contributed by atoms with van der Waals surface area (Å²) in [6, 6.07) is 6.66. The van der Waals surface area contributed by atoms with E-state index in [0.717, 1.165) is 32.3 Å². The van der Waals surface area contributed by atoms with Crippen LogP contribution in [0.3, 0.4) is 0 Å². The number of alkyl halides is 1. The zero-order valence-electron chi connectivity index (χ0n) is 11.6. The smallest absolute Gasteiger partial charge is 0.0872 e. The molecule has 1 fully saturated rings. The van der Waals surface area contributed by atoms with Crippen molar-refractivity contribution in [1.29, 1.82) is 0 Å². The molecule has 0 amide bonds. The fourth-order valence-corrected chi connectivity index (χ4v) is 3.14. The van der Waals surface area contributed by atoms with E-state index in [0.29, 0.717) is 0 Å². The second-order valence-electron chi connectivity index (χ2n) is 5.36. The quantitative estimate of drug-likeness (QED) is 0.720. The average molecular weight is 267 g/mol.